The molecule has 1 heterocycles. The Morgan fingerprint density at radius 3 is 3.07 bits per heavy atom. The van der Waals surface area contributed by atoms with Crippen molar-refractivity contribution < 1.29 is 4.39 Å². The summed E-state index contributed by atoms with van der Waals surface area (Å²) in [5.74, 6) is -0.185. The Morgan fingerprint density at radius 2 is 2.29 bits per heavy atom. The Bertz CT molecular complexity index is 434. The van der Waals surface area contributed by atoms with Crippen LogP contribution in [0.2, 0.25) is 0 Å². The lowest BCUT2D eigenvalue weighted by atomic mass is 10.2. The van der Waals surface area contributed by atoms with Crippen LogP contribution < -0.4 is 5.32 Å². The fourth-order valence-electron chi connectivity index (χ4n) is 1.56. The summed E-state index contributed by atoms with van der Waals surface area (Å²) in [7, 11) is 0. The van der Waals surface area contributed by atoms with Crippen molar-refractivity contribution in [3.05, 3.63) is 35.8 Å². The van der Waals surface area contributed by atoms with E-state index in [0.29, 0.717) is 0 Å². The predicted octanol–water partition coefficient (Wildman–Crippen LogP) is 2.42. The van der Waals surface area contributed by atoms with Crippen LogP contribution in [0.15, 0.2) is 24.4 Å². The number of H-pyrrole nitrogens is 1. The van der Waals surface area contributed by atoms with Gasteiger partial charge in [-0.1, -0.05) is 6.92 Å². The van der Waals surface area contributed by atoms with Gasteiger partial charge in [-0.15, -0.1) is 0 Å². The molecule has 3 heteroatoms. The van der Waals surface area contributed by atoms with Crippen molar-refractivity contribution in [1.82, 2.24) is 10.3 Å². The first kappa shape index (κ1) is 9.21. The summed E-state index contributed by atoms with van der Waals surface area (Å²) in [4.78, 5) is 3.12. The Morgan fingerprint density at radius 1 is 1.43 bits per heavy atom. The SMILES string of the molecule is CCNCc1c[nH]c2ccc(F)cc12. The highest BCUT2D eigenvalue weighted by molar-refractivity contribution is 5.83. The number of hydrogen-bond donors (Lipinski definition) is 2. The van der Waals surface area contributed by atoms with Crippen molar-refractivity contribution in [1.29, 1.82) is 0 Å². The van der Waals surface area contributed by atoms with Crippen LogP contribution in [0.1, 0.15) is 12.5 Å². The third kappa shape index (κ3) is 1.63. The van der Waals surface area contributed by atoms with E-state index < -0.39 is 0 Å². The highest BCUT2D eigenvalue weighted by Gasteiger charge is 2.03. The third-order valence-corrected chi connectivity index (χ3v) is 2.29. The lowest BCUT2D eigenvalue weighted by Gasteiger charge is -1.99. The van der Waals surface area contributed by atoms with Gasteiger partial charge < -0.3 is 10.3 Å². The number of aromatic nitrogens is 1. The van der Waals surface area contributed by atoms with Crippen LogP contribution >= 0.6 is 0 Å². The summed E-state index contributed by atoms with van der Waals surface area (Å²) in [6.07, 6.45) is 1.92. The largest absolute Gasteiger partial charge is 0.361 e. The second-order valence-electron chi connectivity index (χ2n) is 3.28. The van der Waals surface area contributed by atoms with E-state index in [1.54, 1.807) is 12.1 Å². The molecule has 0 fully saturated rings. The van der Waals surface area contributed by atoms with Gasteiger partial charge in [-0.25, -0.2) is 4.39 Å². The van der Waals surface area contributed by atoms with Crippen molar-refractivity contribution in [3.63, 3.8) is 0 Å². The summed E-state index contributed by atoms with van der Waals surface area (Å²) in [5, 5.41) is 4.18. The molecule has 2 nitrogen and oxygen atoms in total. The molecule has 0 radical (unpaired) electrons. The number of benzene rings is 1. The minimum Gasteiger partial charge on any atom is -0.361 e. The van der Waals surface area contributed by atoms with E-state index in [1.807, 2.05) is 6.20 Å². The fourth-order valence-corrected chi connectivity index (χ4v) is 1.56. The van der Waals surface area contributed by atoms with Crippen LogP contribution in [0.3, 0.4) is 0 Å². The molecule has 0 atom stereocenters. The van der Waals surface area contributed by atoms with E-state index in [-0.39, 0.29) is 5.82 Å². The summed E-state index contributed by atoms with van der Waals surface area (Å²) >= 11 is 0. The third-order valence-electron chi connectivity index (χ3n) is 2.29. The predicted molar refractivity (Wildman–Crippen MR) is 55.6 cm³/mol. The Kier molecular flexibility index (Phi) is 2.50. The molecule has 2 N–H and O–H groups in total. The number of fused-ring (bicyclic) bond motifs is 1. The van der Waals surface area contributed by atoms with Gasteiger partial charge in [-0.2, -0.15) is 0 Å². The van der Waals surface area contributed by atoms with Crippen LogP contribution in [-0.2, 0) is 6.54 Å². The van der Waals surface area contributed by atoms with Gasteiger partial charge in [0.25, 0.3) is 0 Å². The van der Waals surface area contributed by atoms with E-state index in [0.717, 1.165) is 29.6 Å². The van der Waals surface area contributed by atoms with E-state index in [1.165, 1.54) is 6.07 Å². The maximum Gasteiger partial charge on any atom is 0.123 e. The molecule has 0 aliphatic carbocycles. The van der Waals surface area contributed by atoms with E-state index in [4.69, 9.17) is 0 Å². The lowest BCUT2D eigenvalue weighted by Crippen LogP contribution is -2.11. The number of rotatable bonds is 3. The van der Waals surface area contributed by atoms with Gasteiger partial charge in [0.2, 0.25) is 0 Å². The fraction of sp³-hybridized carbons (Fsp3) is 0.273. The normalized spacial score (nSPS) is 11.0. The monoisotopic (exact) mass is 192 g/mol. The molecule has 14 heavy (non-hydrogen) atoms. The summed E-state index contributed by atoms with van der Waals surface area (Å²) < 4.78 is 13.0. The zero-order valence-corrected chi connectivity index (χ0v) is 8.10. The van der Waals surface area contributed by atoms with Crippen LogP contribution in [0.4, 0.5) is 4.39 Å². The number of halogens is 1. The Labute approximate surface area is 82.1 Å². The number of aromatic amines is 1. The average Bonchev–Trinajstić information content (AvgIpc) is 2.57. The highest BCUT2D eigenvalue weighted by atomic mass is 19.1. The van der Waals surface area contributed by atoms with Crippen LogP contribution in [-0.4, -0.2) is 11.5 Å². The molecule has 2 aromatic rings. The quantitative estimate of drug-likeness (QED) is 0.768. The molecule has 0 saturated heterocycles. The first-order valence-corrected chi connectivity index (χ1v) is 4.77. The second kappa shape index (κ2) is 3.80. The molecule has 0 aliphatic rings. The first-order chi connectivity index (χ1) is 6.81. The van der Waals surface area contributed by atoms with Gasteiger partial charge in [0, 0.05) is 23.6 Å². The molecule has 0 unspecified atom stereocenters. The van der Waals surface area contributed by atoms with Crippen molar-refractivity contribution >= 4 is 10.9 Å². The van der Waals surface area contributed by atoms with Crippen LogP contribution in [0, 0.1) is 5.82 Å². The molecule has 0 amide bonds. The lowest BCUT2D eigenvalue weighted by molar-refractivity contribution is 0.629. The van der Waals surface area contributed by atoms with Crippen molar-refractivity contribution in [2.24, 2.45) is 0 Å². The minimum atomic E-state index is -0.185. The van der Waals surface area contributed by atoms with E-state index in [9.17, 15) is 4.39 Å². The van der Waals surface area contributed by atoms with Gasteiger partial charge in [0.1, 0.15) is 5.82 Å². The van der Waals surface area contributed by atoms with Crippen molar-refractivity contribution in [2.45, 2.75) is 13.5 Å². The van der Waals surface area contributed by atoms with Crippen LogP contribution in [0.5, 0.6) is 0 Å². The summed E-state index contributed by atoms with van der Waals surface area (Å²) in [6.45, 7) is 3.75. The van der Waals surface area contributed by atoms with Gasteiger partial charge in [-0.3, -0.25) is 0 Å². The van der Waals surface area contributed by atoms with Gasteiger partial charge in [0.05, 0.1) is 0 Å². The maximum absolute atomic E-state index is 13.0. The molecule has 0 saturated carbocycles. The number of hydrogen-bond acceptors (Lipinski definition) is 1. The molecule has 74 valence electrons. The van der Waals surface area contributed by atoms with E-state index in [2.05, 4.69) is 17.2 Å². The Hall–Kier alpha value is -1.35. The maximum atomic E-state index is 13.0. The zero-order valence-electron chi connectivity index (χ0n) is 8.10. The van der Waals surface area contributed by atoms with Crippen molar-refractivity contribution in [2.75, 3.05) is 6.54 Å². The highest BCUT2D eigenvalue weighted by Crippen LogP contribution is 2.18. The van der Waals surface area contributed by atoms with E-state index >= 15 is 0 Å². The second-order valence-corrected chi connectivity index (χ2v) is 3.28. The minimum absolute atomic E-state index is 0.185. The van der Waals surface area contributed by atoms with Gasteiger partial charge in [-0.05, 0) is 30.3 Å². The molecule has 1 aromatic carbocycles. The van der Waals surface area contributed by atoms with Gasteiger partial charge >= 0.3 is 0 Å². The standard InChI is InChI=1S/C11H13FN2/c1-2-13-6-8-7-14-11-4-3-9(12)5-10(8)11/h3-5,7,13-14H,2,6H2,1H3. The summed E-state index contributed by atoms with van der Waals surface area (Å²) in [5.41, 5.74) is 2.10. The summed E-state index contributed by atoms with van der Waals surface area (Å²) in [6, 6.07) is 4.80. The van der Waals surface area contributed by atoms with Crippen LogP contribution in [0.25, 0.3) is 10.9 Å². The first-order valence-electron chi connectivity index (χ1n) is 4.77. The molecular weight excluding hydrogens is 179 g/mol. The average molecular weight is 192 g/mol. The molecule has 2 rings (SSSR count). The van der Waals surface area contributed by atoms with Gasteiger partial charge in [0.15, 0.2) is 0 Å². The molecule has 0 aliphatic heterocycles. The molecule has 0 bridgehead atoms. The zero-order chi connectivity index (χ0) is 9.97. The van der Waals surface area contributed by atoms with Crippen molar-refractivity contribution in [3.8, 4) is 0 Å². The number of nitrogens with one attached hydrogen (secondary N) is 2. The Balaban J connectivity index is 2.40. The molecule has 0 spiro atoms. The smallest absolute Gasteiger partial charge is 0.123 e. The topological polar surface area (TPSA) is 27.8 Å². The molecular formula is C11H13FN2. The molecule has 1 aromatic heterocycles.